The summed E-state index contributed by atoms with van der Waals surface area (Å²) in [5.74, 6) is -4.34. The van der Waals surface area contributed by atoms with Gasteiger partial charge in [-0.05, 0) is 6.07 Å². The molecule has 2 aliphatic heterocycles. The number of carbonyl (C=O) groups is 4. The molecule has 1 saturated heterocycles. The van der Waals surface area contributed by atoms with Crippen LogP contribution in [0.25, 0.3) is 0 Å². The first-order valence-electron chi connectivity index (χ1n) is 8.29. The SMILES string of the molecule is O=C(CN1C(=O)c2ccc([N+](=O)[O-])cc2C1=O)N1CCN(C(=O)C(F)(F)F)CC1. The van der Waals surface area contributed by atoms with Crippen molar-refractivity contribution in [3.05, 3.63) is 39.4 Å². The Morgan fingerprint density at radius 3 is 2.10 bits per heavy atom. The first-order chi connectivity index (χ1) is 13.5. The number of imide groups is 1. The van der Waals surface area contributed by atoms with Crippen LogP contribution in [-0.4, -0.2) is 82.2 Å². The number of rotatable bonds is 3. The Hall–Kier alpha value is -3.51. The molecule has 0 bridgehead atoms. The molecule has 0 N–H and O–H groups in total. The molecule has 10 nitrogen and oxygen atoms in total. The Bertz CT molecular complexity index is 924. The van der Waals surface area contributed by atoms with Crippen LogP contribution in [0.5, 0.6) is 0 Å². The minimum Gasteiger partial charge on any atom is -0.338 e. The molecule has 2 heterocycles. The summed E-state index contributed by atoms with van der Waals surface area (Å²) in [7, 11) is 0. The van der Waals surface area contributed by atoms with E-state index in [4.69, 9.17) is 0 Å². The summed E-state index contributed by atoms with van der Waals surface area (Å²) in [4.78, 5) is 60.8. The van der Waals surface area contributed by atoms with Crippen molar-refractivity contribution in [2.75, 3.05) is 32.7 Å². The van der Waals surface area contributed by atoms with Gasteiger partial charge in [0.2, 0.25) is 5.91 Å². The van der Waals surface area contributed by atoms with E-state index in [0.29, 0.717) is 9.80 Å². The summed E-state index contributed by atoms with van der Waals surface area (Å²) in [6.45, 7) is -1.70. The summed E-state index contributed by atoms with van der Waals surface area (Å²) in [6, 6.07) is 3.13. The van der Waals surface area contributed by atoms with E-state index in [-0.39, 0.29) is 43.0 Å². The third-order valence-electron chi connectivity index (χ3n) is 4.62. The van der Waals surface area contributed by atoms with Crippen LogP contribution in [0.2, 0.25) is 0 Å². The fraction of sp³-hybridized carbons (Fsp3) is 0.375. The molecule has 2 aliphatic rings. The number of nitro groups is 1. The molecule has 13 heteroatoms. The van der Waals surface area contributed by atoms with Gasteiger partial charge in [-0.15, -0.1) is 0 Å². The topological polar surface area (TPSA) is 121 Å². The molecule has 1 aromatic rings. The van der Waals surface area contributed by atoms with Gasteiger partial charge in [0.1, 0.15) is 6.54 Å². The molecule has 4 amide bonds. The number of hydrogen-bond donors (Lipinski definition) is 0. The van der Waals surface area contributed by atoms with Crippen LogP contribution in [0.3, 0.4) is 0 Å². The second-order valence-corrected chi connectivity index (χ2v) is 6.35. The van der Waals surface area contributed by atoms with Gasteiger partial charge in [-0.2, -0.15) is 13.2 Å². The highest BCUT2D eigenvalue weighted by atomic mass is 19.4. The van der Waals surface area contributed by atoms with E-state index in [1.807, 2.05) is 0 Å². The third-order valence-corrected chi connectivity index (χ3v) is 4.62. The lowest BCUT2D eigenvalue weighted by Crippen LogP contribution is -2.55. The van der Waals surface area contributed by atoms with E-state index < -0.39 is 41.3 Å². The number of hydrogen-bond acceptors (Lipinski definition) is 6. The summed E-state index contributed by atoms with van der Waals surface area (Å²) in [6.07, 6.45) is -5.01. The smallest absolute Gasteiger partial charge is 0.338 e. The number of amides is 4. The van der Waals surface area contributed by atoms with Crippen molar-refractivity contribution in [2.45, 2.75) is 6.18 Å². The summed E-state index contributed by atoms with van der Waals surface area (Å²) >= 11 is 0. The van der Waals surface area contributed by atoms with Gasteiger partial charge in [0.15, 0.2) is 0 Å². The van der Waals surface area contributed by atoms with Gasteiger partial charge in [0, 0.05) is 38.3 Å². The van der Waals surface area contributed by atoms with E-state index >= 15 is 0 Å². The average molecular weight is 414 g/mol. The number of carbonyl (C=O) groups excluding carboxylic acids is 4. The molecule has 0 atom stereocenters. The molecule has 0 radical (unpaired) electrons. The zero-order valence-electron chi connectivity index (χ0n) is 14.6. The normalized spacial score (nSPS) is 16.9. The molecule has 0 saturated carbocycles. The molecule has 1 aromatic carbocycles. The first kappa shape index (κ1) is 20.2. The lowest BCUT2D eigenvalue weighted by molar-refractivity contribution is -0.384. The van der Waals surface area contributed by atoms with Crippen LogP contribution in [0.4, 0.5) is 18.9 Å². The highest BCUT2D eigenvalue weighted by molar-refractivity contribution is 6.22. The monoisotopic (exact) mass is 414 g/mol. The predicted octanol–water partition coefficient (Wildman–Crippen LogP) is 0.424. The molecule has 3 rings (SSSR count). The highest BCUT2D eigenvalue weighted by Gasteiger charge is 2.44. The van der Waals surface area contributed by atoms with Crippen molar-refractivity contribution < 1.29 is 37.3 Å². The zero-order valence-corrected chi connectivity index (χ0v) is 14.6. The van der Waals surface area contributed by atoms with Crippen molar-refractivity contribution in [1.82, 2.24) is 14.7 Å². The van der Waals surface area contributed by atoms with Gasteiger partial charge >= 0.3 is 12.1 Å². The third kappa shape index (κ3) is 3.75. The molecule has 0 unspecified atom stereocenters. The van der Waals surface area contributed by atoms with Gasteiger partial charge < -0.3 is 9.80 Å². The maximum absolute atomic E-state index is 12.5. The maximum atomic E-state index is 12.5. The first-order valence-corrected chi connectivity index (χ1v) is 8.29. The molecule has 154 valence electrons. The van der Waals surface area contributed by atoms with Crippen molar-refractivity contribution in [2.24, 2.45) is 0 Å². The molecular formula is C16H13F3N4O6. The Morgan fingerprint density at radius 2 is 1.55 bits per heavy atom. The number of piperazine rings is 1. The predicted molar refractivity (Wildman–Crippen MR) is 87.7 cm³/mol. The van der Waals surface area contributed by atoms with E-state index in [9.17, 15) is 42.5 Å². The lowest BCUT2D eigenvalue weighted by atomic mass is 10.1. The quantitative estimate of drug-likeness (QED) is 0.402. The van der Waals surface area contributed by atoms with Crippen molar-refractivity contribution in [3.63, 3.8) is 0 Å². The average Bonchev–Trinajstić information content (AvgIpc) is 2.91. The largest absolute Gasteiger partial charge is 0.471 e. The van der Waals surface area contributed by atoms with Crippen LogP contribution in [0.15, 0.2) is 18.2 Å². The van der Waals surface area contributed by atoms with E-state index in [1.165, 1.54) is 0 Å². The number of benzene rings is 1. The number of non-ortho nitro benzene ring substituents is 1. The van der Waals surface area contributed by atoms with Crippen LogP contribution < -0.4 is 0 Å². The Morgan fingerprint density at radius 1 is 1.00 bits per heavy atom. The number of nitro benzene ring substituents is 1. The summed E-state index contributed by atoms with van der Waals surface area (Å²) < 4.78 is 37.4. The molecule has 1 fully saturated rings. The van der Waals surface area contributed by atoms with Crippen molar-refractivity contribution in [1.29, 1.82) is 0 Å². The summed E-state index contributed by atoms with van der Waals surface area (Å²) in [5.41, 5.74) is -0.657. The van der Waals surface area contributed by atoms with E-state index in [2.05, 4.69) is 0 Å². The van der Waals surface area contributed by atoms with Gasteiger partial charge in [-0.1, -0.05) is 0 Å². The number of halogens is 3. The van der Waals surface area contributed by atoms with Crippen LogP contribution in [-0.2, 0) is 9.59 Å². The van der Waals surface area contributed by atoms with Crippen molar-refractivity contribution in [3.8, 4) is 0 Å². The summed E-state index contributed by atoms with van der Waals surface area (Å²) in [5, 5.41) is 10.8. The number of alkyl halides is 3. The minimum absolute atomic E-state index is 0.0750. The Kier molecular flexibility index (Phi) is 4.98. The number of nitrogens with zero attached hydrogens (tertiary/aromatic N) is 4. The van der Waals surface area contributed by atoms with Crippen LogP contribution in [0, 0.1) is 10.1 Å². The second kappa shape index (κ2) is 7.14. The Labute approximate surface area is 160 Å². The molecule has 0 aromatic heterocycles. The lowest BCUT2D eigenvalue weighted by Gasteiger charge is -2.35. The molecule has 0 aliphatic carbocycles. The highest BCUT2D eigenvalue weighted by Crippen LogP contribution is 2.27. The minimum atomic E-state index is -5.01. The number of fused-ring (bicyclic) bond motifs is 1. The fourth-order valence-electron chi connectivity index (χ4n) is 3.11. The van der Waals surface area contributed by atoms with Gasteiger partial charge in [-0.3, -0.25) is 34.2 Å². The molecule has 0 spiro atoms. The second-order valence-electron chi connectivity index (χ2n) is 6.35. The van der Waals surface area contributed by atoms with Gasteiger partial charge in [0.25, 0.3) is 17.5 Å². The Balaban J connectivity index is 1.65. The maximum Gasteiger partial charge on any atom is 0.471 e. The zero-order chi connectivity index (χ0) is 21.5. The van der Waals surface area contributed by atoms with E-state index in [0.717, 1.165) is 23.1 Å². The fourth-order valence-corrected chi connectivity index (χ4v) is 3.11. The van der Waals surface area contributed by atoms with Crippen LogP contribution in [0.1, 0.15) is 20.7 Å². The van der Waals surface area contributed by atoms with E-state index in [1.54, 1.807) is 0 Å². The molecular weight excluding hydrogens is 401 g/mol. The van der Waals surface area contributed by atoms with Crippen LogP contribution >= 0.6 is 0 Å². The van der Waals surface area contributed by atoms with Gasteiger partial charge in [0.05, 0.1) is 16.1 Å². The standard InChI is InChI=1S/C16H13F3N4O6/c17-16(18,19)15(27)21-5-3-20(4-6-21)12(24)8-22-13(25)10-2-1-9(23(28)29)7-11(10)14(22)26/h1-2,7H,3-6,8H2. The van der Waals surface area contributed by atoms with Crippen molar-refractivity contribution >= 4 is 29.3 Å². The van der Waals surface area contributed by atoms with Gasteiger partial charge in [-0.25, -0.2) is 0 Å². The molecule has 29 heavy (non-hydrogen) atoms.